The summed E-state index contributed by atoms with van der Waals surface area (Å²) in [7, 11) is 0. The van der Waals surface area contributed by atoms with Crippen LogP contribution in [0.2, 0.25) is 0 Å². The fraction of sp³-hybridized carbons (Fsp3) is 0.462. The molecule has 0 amide bonds. The van der Waals surface area contributed by atoms with Crippen LogP contribution in [0.15, 0.2) is 18.2 Å². The third kappa shape index (κ3) is 2.70. The monoisotopic (exact) mass is 235 g/mol. The van der Waals surface area contributed by atoms with Gasteiger partial charge in [-0.15, -0.1) is 0 Å². The Labute approximate surface area is 101 Å². The molecule has 0 bridgehead atoms. The Balaban J connectivity index is 2.17. The van der Waals surface area contributed by atoms with E-state index < -0.39 is 5.97 Å². The maximum Gasteiger partial charge on any atom is 0.305 e. The van der Waals surface area contributed by atoms with Crippen LogP contribution >= 0.6 is 0 Å². The second-order valence-electron chi connectivity index (χ2n) is 4.66. The molecule has 1 aliphatic heterocycles. The predicted molar refractivity (Wildman–Crippen MR) is 65.7 cm³/mol. The zero-order valence-corrected chi connectivity index (χ0v) is 10.1. The molecule has 0 saturated heterocycles. The van der Waals surface area contributed by atoms with Gasteiger partial charge in [0.2, 0.25) is 0 Å². The molecular formula is C13H17NO3. The fourth-order valence-electron chi connectivity index (χ4n) is 1.92. The van der Waals surface area contributed by atoms with E-state index in [9.17, 15) is 4.79 Å². The standard InChI is InChI=1S/C13H17NO3/c1-8(2)9-3-4-12-11(5-9)14-10(7-17-12)6-13(15)16/h3-5,8,10,14H,6-7H2,1-2H3,(H,15,16). The van der Waals surface area contributed by atoms with Gasteiger partial charge in [0.05, 0.1) is 18.2 Å². The number of fused-ring (bicyclic) bond motifs is 1. The lowest BCUT2D eigenvalue weighted by atomic mass is 10.0. The van der Waals surface area contributed by atoms with Crippen LogP contribution in [0.25, 0.3) is 0 Å². The number of hydrogen-bond acceptors (Lipinski definition) is 3. The number of anilines is 1. The molecule has 2 rings (SSSR count). The van der Waals surface area contributed by atoms with Crippen LogP contribution in [0.4, 0.5) is 5.69 Å². The van der Waals surface area contributed by atoms with Crippen molar-refractivity contribution in [2.24, 2.45) is 0 Å². The minimum atomic E-state index is -0.811. The summed E-state index contributed by atoms with van der Waals surface area (Å²) in [5.41, 5.74) is 2.12. The van der Waals surface area contributed by atoms with Crippen LogP contribution in [0.1, 0.15) is 31.7 Å². The smallest absolute Gasteiger partial charge is 0.305 e. The summed E-state index contributed by atoms with van der Waals surface area (Å²) in [4.78, 5) is 10.7. The lowest BCUT2D eigenvalue weighted by molar-refractivity contribution is -0.137. The molecule has 1 aromatic carbocycles. The Bertz CT molecular complexity index is 429. The number of carboxylic acids is 1. The Hall–Kier alpha value is -1.71. The molecule has 92 valence electrons. The molecule has 4 heteroatoms. The molecule has 4 nitrogen and oxygen atoms in total. The minimum Gasteiger partial charge on any atom is -0.489 e. The second-order valence-corrected chi connectivity index (χ2v) is 4.66. The van der Waals surface area contributed by atoms with Gasteiger partial charge in [-0.1, -0.05) is 19.9 Å². The van der Waals surface area contributed by atoms with Crippen LogP contribution in [0, 0.1) is 0 Å². The SMILES string of the molecule is CC(C)c1ccc2c(c1)NC(CC(=O)O)CO2. The van der Waals surface area contributed by atoms with Crippen LogP contribution in [-0.4, -0.2) is 23.7 Å². The van der Waals surface area contributed by atoms with Crippen molar-refractivity contribution in [2.45, 2.75) is 32.2 Å². The first-order valence-corrected chi connectivity index (χ1v) is 5.81. The summed E-state index contributed by atoms with van der Waals surface area (Å²) in [5.74, 6) is 0.438. The average molecular weight is 235 g/mol. The van der Waals surface area contributed by atoms with Crippen molar-refractivity contribution >= 4 is 11.7 Å². The van der Waals surface area contributed by atoms with Crippen molar-refractivity contribution < 1.29 is 14.6 Å². The van der Waals surface area contributed by atoms with E-state index in [1.54, 1.807) is 0 Å². The molecule has 0 aromatic heterocycles. The van der Waals surface area contributed by atoms with Gasteiger partial charge in [0, 0.05) is 0 Å². The van der Waals surface area contributed by atoms with E-state index in [-0.39, 0.29) is 12.5 Å². The van der Waals surface area contributed by atoms with Gasteiger partial charge in [-0.3, -0.25) is 4.79 Å². The summed E-state index contributed by atoms with van der Waals surface area (Å²) in [6.07, 6.45) is 0.0747. The Morgan fingerprint density at radius 1 is 1.59 bits per heavy atom. The third-order valence-corrected chi connectivity index (χ3v) is 2.89. The normalized spacial score (nSPS) is 18.2. The van der Waals surface area contributed by atoms with Crippen molar-refractivity contribution in [2.75, 3.05) is 11.9 Å². The highest BCUT2D eigenvalue weighted by molar-refractivity contribution is 5.69. The molecule has 0 fully saturated rings. The first-order valence-electron chi connectivity index (χ1n) is 5.81. The number of rotatable bonds is 3. The largest absolute Gasteiger partial charge is 0.489 e. The summed E-state index contributed by atoms with van der Waals surface area (Å²) < 4.78 is 5.55. The fourth-order valence-corrected chi connectivity index (χ4v) is 1.92. The number of hydrogen-bond donors (Lipinski definition) is 2. The summed E-state index contributed by atoms with van der Waals surface area (Å²) in [5, 5.41) is 12.0. The third-order valence-electron chi connectivity index (χ3n) is 2.89. The molecule has 17 heavy (non-hydrogen) atoms. The zero-order valence-electron chi connectivity index (χ0n) is 10.1. The van der Waals surface area contributed by atoms with Gasteiger partial charge in [-0.25, -0.2) is 0 Å². The number of aliphatic carboxylic acids is 1. The number of nitrogens with one attached hydrogen (secondary N) is 1. The predicted octanol–water partition coefficient (Wildman–Crippen LogP) is 2.46. The lowest BCUT2D eigenvalue weighted by Gasteiger charge is -2.27. The van der Waals surface area contributed by atoms with Crippen molar-refractivity contribution in [3.63, 3.8) is 0 Å². The molecule has 0 aliphatic carbocycles. The highest BCUT2D eigenvalue weighted by atomic mass is 16.5. The van der Waals surface area contributed by atoms with Gasteiger partial charge in [-0.05, 0) is 23.6 Å². The van der Waals surface area contributed by atoms with Crippen LogP contribution < -0.4 is 10.1 Å². The van der Waals surface area contributed by atoms with Gasteiger partial charge in [0.1, 0.15) is 12.4 Å². The highest BCUT2D eigenvalue weighted by Gasteiger charge is 2.21. The van der Waals surface area contributed by atoms with Gasteiger partial charge in [0.15, 0.2) is 0 Å². The van der Waals surface area contributed by atoms with Gasteiger partial charge < -0.3 is 15.2 Å². The molecule has 0 spiro atoms. The molecule has 0 saturated carbocycles. The summed E-state index contributed by atoms with van der Waals surface area (Å²) >= 11 is 0. The van der Waals surface area contributed by atoms with Gasteiger partial charge in [-0.2, -0.15) is 0 Å². The van der Waals surface area contributed by atoms with Crippen LogP contribution in [0.5, 0.6) is 5.75 Å². The molecule has 1 heterocycles. The number of carboxylic acid groups (broad SMARTS) is 1. The Morgan fingerprint density at radius 3 is 3.00 bits per heavy atom. The summed E-state index contributed by atoms with van der Waals surface area (Å²) in [6.45, 7) is 4.65. The Kier molecular flexibility index (Phi) is 3.22. The van der Waals surface area contributed by atoms with E-state index >= 15 is 0 Å². The number of carbonyl (C=O) groups is 1. The van der Waals surface area contributed by atoms with Crippen LogP contribution in [0.3, 0.4) is 0 Å². The average Bonchev–Trinajstić information content (AvgIpc) is 2.27. The van der Waals surface area contributed by atoms with E-state index in [0.717, 1.165) is 11.4 Å². The molecule has 1 aromatic rings. The molecule has 0 radical (unpaired) electrons. The molecule has 1 unspecified atom stereocenters. The van der Waals surface area contributed by atoms with Gasteiger partial charge >= 0.3 is 5.97 Å². The molecular weight excluding hydrogens is 218 g/mol. The van der Waals surface area contributed by atoms with E-state index in [0.29, 0.717) is 12.5 Å². The van der Waals surface area contributed by atoms with Crippen molar-refractivity contribution in [3.05, 3.63) is 23.8 Å². The second kappa shape index (κ2) is 4.65. The molecule has 2 N–H and O–H groups in total. The number of ether oxygens (including phenoxy) is 1. The summed E-state index contributed by atoms with van der Waals surface area (Å²) in [6, 6.07) is 5.87. The van der Waals surface area contributed by atoms with E-state index in [2.05, 4.69) is 19.2 Å². The van der Waals surface area contributed by atoms with E-state index in [1.165, 1.54) is 5.56 Å². The first-order chi connectivity index (χ1) is 8.06. The highest BCUT2D eigenvalue weighted by Crippen LogP contribution is 2.32. The quantitative estimate of drug-likeness (QED) is 0.845. The Morgan fingerprint density at radius 2 is 2.35 bits per heavy atom. The first kappa shape index (κ1) is 11.8. The number of benzene rings is 1. The topological polar surface area (TPSA) is 58.6 Å². The minimum absolute atomic E-state index is 0.0747. The lowest BCUT2D eigenvalue weighted by Crippen LogP contribution is -2.33. The van der Waals surface area contributed by atoms with E-state index in [1.807, 2.05) is 18.2 Å². The van der Waals surface area contributed by atoms with Crippen LogP contribution in [-0.2, 0) is 4.79 Å². The van der Waals surface area contributed by atoms with Crippen molar-refractivity contribution in [1.82, 2.24) is 0 Å². The molecule has 1 atom stereocenters. The molecule has 1 aliphatic rings. The maximum atomic E-state index is 10.7. The zero-order chi connectivity index (χ0) is 12.4. The van der Waals surface area contributed by atoms with E-state index in [4.69, 9.17) is 9.84 Å². The van der Waals surface area contributed by atoms with Crippen molar-refractivity contribution in [1.29, 1.82) is 0 Å². The van der Waals surface area contributed by atoms with Gasteiger partial charge in [0.25, 0.3) is 0 Å². The van der Waals surface area contributed by atoms with Crippen molar-refractivity contribution in [3.8, 4) is 5.75 Å². The maximum absolute atomic E-state index is 10.7.